The van der Waals surface area contributed by atoms with Gasteiger partial charge in [0, 0.05) is 28.9 Å². The summed E-state index contributed by atoms with van der Waals surface area (Å²) in [6.07, 6.45) is 12.3. The van der Waals surface area contributed by atoms with Crippen molar-refractivity contribution in [2.75, 3.05) is 11.9 Å². The zero-order chi connectivity index (χ0) is 22.5. The Morgan fingerprint density at radius 3 is 2.48 bits per heavy atom. The second kappa shape index (κ2) is 10.7. The minimum absolute atomic E-state index is 0.217. The Bertz CT molecular complexity index is 1060. The predicted octanol–water partition coefficient (Wildman–Crippen LogP) is 7.53. The number of thiazole rings is 1. The number of carbonyl (C=O) groups excluding carboxylic acids is 1. The number of hydrogen-bond acceptors (Lipinski definition) is 4. The zero-order valence-corrected chi connectivity index (χ0v) is 20.3. The summed E-state index contributed by atoms with van der Waals surface area (Å²) in [6.45, 7) is 1.54. The molecule has 0 bridgehead atoms. The molecule has 1 aromatic heterocycles. The van der Waals surface area contributed by atoms with Crippen molar-refractivity contribution in [1.29, 1.82) is 0 Å². The van der Waals surface area contributed by atoms with E-state index in [1.165, 1.54) is 62.1 Å². The summed E-state index contributed by atoms with van der Waals surface area (Å²) in [4.78, 5) is 20.5. The first-order valence-electron chi connectivity index (χ1n) is 12.7. The van der Waals surface area contributed by atoms with Crippen LogP contribution in [0.5, 0.6) is 0 Å². The summed E-state index contributed by atoms with van der Waals surface area (Å²) in [5.74, 6) is 1.24. The number of benzene rings is 2. The number of nitrogens with one attached hydrogen (secondary N) is 1. The van der Waals surface area contributed by atoms with E-state index in [9.17, 15) is 4.79 Å². The van der Waals surface area contributed by atoms with Gasteiger partial charge in [0.2, 0.25) is 5.91 Å². The van der Waals surface area contributed by atoms with Gasteiger partial charge in [0.1, 0.15) is 0 Å². The second-order valence-corrected chi connectivity index (χ2v) is 10.7. The molecule has 5 heteroatoms. The highest BCUT2D eigenvalue weighted by Crippen LogP contribution is 2.31. The van der Waals surface area contributed by atoms with Crippen LogP contribution >= 0.6 is 11.3 Å². The molecule has 1 N–H and O–H groups in total. The molecule has 2 saturated carbocycles. The first-order chi connectivity index (χ1) is 16.3. The van der Waals surface area contributed by atoms with E-state index in [1.54, 1.807) is 11.3 Å². The minimum atomic E-state index is 0.217. The first-order valence-corrected chi connectivity index (χ1v) is 13.6. The number of nitrogens with zero attached hydrogens (tertiary/aromatic N) is 2. The first kappa shape index (κ1) is 22.4. The molecule has 4 nitrogen and oxygen atoms in total. The monoisotopic (exact) mass is 461 g/mol. The second-order valence-electron chi connectivity index (χ2n) is 9.85. The van der Waals surface area contributed by atoms with E-state index in [4.69, 9.17) is 4.98 Å². The fourth-order valence-electron chi connectivity index (χ4n) is 5.60. The van der Waals surface area contributed by atoms with E-state index in [2.05, 4.69) is 58.1 Å². The van der Waals surface area contributed by atoms with Crippen LogP contribution < -0.4 is 5.32 Å². The fourth-order valence-corrected chi connectivity index (χ4v) is 6.32. The molecule has 2 aromatic carbocycles. The molecule has 0 spiro atoms. The predicted molar refractivity (Wildman–Crippen MR) is 138 cm³/mol. The summed E-state index contributed by atoms with van der Waals surface area (Å²) in [7, 11) is 0. The van der Waals surface area contributed by atoms with Crippen molar-refractivity contribution in [2.24, 2.45) is 11.8 Å². The quantitative estimate of drug-likeness (QED) is 0.395. The van der Waals surface area contributed by atoms with Crippen molar-refractivity contribution >= 4 is 38.8 Å². The minimum Gasteiger partial charge on any atom is -0.336 e. The van der Waals surface area contributed by atoms with Gasteiger partial charge >= 0.3 is 0 Å². The van der Waals surface area contributed by atoms with E-state index in [0.717, 1.165) is 35.9 Å². The van der Waals surface area contributed by atoms with Crippen molar-refractivity contribution in [2.45, 2.75) is 70.8 Å². The molecular weight excluding hydrogens is 426 g/mol. The molecule has 2 fully saturated rings. The average Bonchev–Trinajstić information content (AvgIpc) is 3.31. The Balaban J connectivity index is 1.30. The molecule has 33 heavy (non-hydrogen) atoms. The largest absolute Gasteiger partial charge is 0.336 e. The maximum Gasteiger partial charge on any atom is 0.226 e. The van der Waals surface area contributed by atoms with Crippen LogP contribution in [-0.2, 0) is 11.3 Å². The highest BCUT2D eigenvalue weighted by Gasteiger charge is 2.28. The number of fused-ring (bicyclic) bond motifs is 1. The number of carbonyl (C=O) groups is 1. The molecule has 0 saturated heterocycles. The van der Waals surface area contributed by atoms with Crippen molar-refractivity contribution in [3.8, 4) is 0 Å². The molecular formula is C28H35N3OS. The molecule has 174 valence electrons. The molecule has 2 aliphatic carbocycles. The highest BCUT2D eigenvalue weighted by atomic mass is 32.1. The molecule has 3 aromatic rings. The third kappa shape index (κ3) is 5.57. The normalized spacial score (nSPS) is 17.8. The van der Waals surface area contributed by atoms with Gasteiger partial charge in [0.05, 0.1) is 12.2 Å². The maximum absolute atomic E-state index is 13.5. The third-order valence-electron chi connectivity index (χ3n) is 7.41. The molecule has 0 aliphatic heterocycles. The Hall–Kier alpha value is -2.40. The van der Waals surface area contributed by atoms with Crippen LogP contribution in [0.2, 0.25) is 0 Å². The standard InChI is InChI=1S/C28H35N3OS/c32-27(23-13-5-2-6-14-23)31(18-21-10-3-1-4-11-21)19-24-20-33-28(29-24)30-26-17-9-15-22-12-7-8-16-25(22)26/h7-9,12,15-17,20-21,23H,1-6,10-11,13-14,18-19H2,(H,29,30). The zero-order valence-electron chi connectivity index (χ0n) is 19.5. The van der Waals surface area contributed by atoms with Crippen molar-refractivity contribution < 1.29 is 4.79 Å². The molecule has 5 rings (SSSR count). The summed E-state index contributed by atoms with van der Waals surface area (Å²) in [5.41, 5.74) is 2.08. The van der Waals surface area contributed by atoms with Crippen LogP contribution in [0, 0.1) is 11.8 Å². The summed E-state index contributed by atoms with van der Waals surface area (Å²) < 4.78 is 0. The van der Waals surface area contributed by atoms with Gasteiger partial charge in [-0.15, -0.1) is 11.3 Å². The van der Waals surface area contributed by atoms with Crippen LogP contribution in [0.3, 0.4) is 0 Å². The van der Waals surface area contributed by atoms with Crippen LogP contribution in [-0.4, -0.2) is 22.3 Å². The Kier molecular flexibility index (Phi) is 7.25. The van der Waals surface area contributed by atoms with Gasteiger partial charge in [-0.2, -0.15) is 0 Å². The average molecular weight is 462 g/mol. The lowest BCUT2D eigenvalue weighted by Gasteiger charge is -2.33. The maximum atomic E-state index is 13.5. The lowest BCUT2D eigenvalue weighted by atomic mass is 9.86. The molecule has 0 unspecified atom stereocenters. The van der Waals surface area contributed by atoms with Crippen LogP contribution in [0.15, 0.2) is 47.8 Å². The van der Waals surface area contributed by atoms with Crippen LogP contribution in [0.1, 0.15) is 69.9 Å². The van der Waals surface area contributed by atoms with E-state index >= 15 is 0 Å². The van der Waals surface area contributed by atoms with Crippen molar-refractivity contribution in [3.63, 3.8) is 0 Å². The van der Waals surface area contributed by atoms with Crippen molar-refractivity contribution in [3.05, 3.63) is 53.5 Å². The smallest absolute Gasteiger partial charge is 0.226 e. The molecule has 0 atom stereocenters. The van der Waals surface area contributed by atoms with Gasteiger partial charge in [-0.1, -0.05) is 74.9 Å². The number of aromatic nitrogens is 1. The molecule has 0 radical (unpaired) electrons. The lowest BCUT2D eigenvalue weighted by molar-refractivity contribution is -0.138. The van der Waals surface area contributed by atoms with E-state index < -0.39 is 0 Å². The van der Waals surface area contributed by atoms with Crippen molar-refractivity contribution in [1.82, 2.24) is 9.88 Å². The Morgan fingerprint density at radius 1 is 0.939 bits per heavy atom. The number of anilines is 2. The number of rotatable bonds is 7. The summed E-state index contributed by atoms with van der Waals surface area (Å²) >= 11 is 1.63. The van der Waals surface area contributed by atoms with Crippen LogP contribution in [0.25, 0.3) is 10.8 Å². The van der Waals surface area contributed by atoms with E-state index in [0.29, 0.717) is 18.4 Å². The van der Waals surface area contributed by atoms with Crippen LogP contribution in [0.4, 0.5) is 10.8 Å². The fraction of sp³-hybridized carbons (Fsp3) is 0.500. The van der Waals surface area contributed by atoms with Gasteiger partial charge in [-0.3, -0.25) is 4.79 Å². The highest BCUT2D eigenvalue weighted by molar-refractivity contribution is 7.13. The van der Waals surface area contributed by atoms with Gasteiger partial charge in [-0.05, 0) is 43.1 Å². The lowest BCUT2D eigenvalue weighted by Crippen LogP contribution is -2.40. The number of amides is 1. The molecule has 1 heterocycles. The summed E-state index contributed by atoms with van der Waals surface area (Å²) in [6, 6.07) is 14.7. The summed E-state index contributed by atoms with van der Waals surface area (Å²) in [5, 5.41) is 8.95. The topological polar surface area (TPSA) is 45.2 Å². The number of hydrogen-bond donors (Lipinski definition) is 1. The Morgan fingerprint density at radius 2 is 1.67 bits per heavy atom. The van der Waals surface area contributed by atoms with Gasteiger partial charge < -0.3 is 10.2 Å². The van der Waals surface area contributed by atoms with Gasteiger partial charge in [0.15, 0.2) is 5.13 Å². The van der Waals surface area contributed by atoms with E-state index in [1.807, 2.05) is 0 Å². The molecule has 2 aliphatic rings. The van der Waals surface area contributed by atoms with E-state index in [-0.39, 0.29) is 5.92 Å². The third-order valence-corrected chi connectivity index (χ3v) is 8.21. The van der Waals surface area contributed by atoms with Gasteiger partial charge in [0.25, 0.3) is 0 Å². The SMILES string of the molecule is O=C(C1CCCCC1)N(Cc1csc(Nc2cccc3ccccc23)n1)CC1CCCCC1. The molecule has 1 amide bonds. The Labute approximate surface area is 201 Å². The van der Waals surface area contributed by atoms with Gasteiger partial charge in [-0.25, -0.2) is 4.98 Å².